The molecule has 4 heterocycles. The second-order valence-electron chi connectivity index (χ2n) is 23.5. The Kier molecular flexibility index (Phi) is 36.9. The van der Waals surface area contributed by atoms with Crippen LogP contribution in [0.2, 0.25) is 0 Å². The van der Waals surface area contributed by atoms with Crippen molar-refractivity contribution in [3.63, 3.8) is 0 Å². The van der Waals surface area contributed by atoms with Gasteiger partial charge in [-0.25, -0.2) is 0 Å². The molecule has 0 aliphatic carbocycles. The Morgan fingerprint density at radius 3 is 1.46 bits per heavy atom. The van der Waals surface area contributed by atoms with Crippen LogP contribution >= 0.6 is 0 Å². The summed E-state index contributed by atoms with van der Waals surface area (Å²) in [7, 11) is 0. The zero-order chi connectivity index (χ0) is 59.8. The molecule has 4 fully saturated rings. The van der Waals surface area contributed by atoms with Gasteiger partial charge in [-0.15, -0.1) is 0 Å². The minimum Gasteiger partial charge on any atom is -0.394 e. The minimum absolute atomic E-state index is 0.0498. The number of hydrogen-bond donors (Lipinski definition) is 13. The number of unbranched alkanes of at least 4 members (excludes halogenated alkanes) is 25. The van der Waals surface area contributed by atoms with E-state index < -0.39 is 149 Å². The van der Waals surface area contributed by atoms with E-state index in [2.05, 4.69) is 19.2 Å². The molecule has 1 amide bonds. The summed E-state index contributed by atoms with van der Waals surface area (Å²) in [4.78, 5) is 13.4. The predicted molar refractivity (Wildman–Crippen MR) is 303 cm³/mol. The van der Waals surface area contributed by atoms with Gasteiger partial charge in [0.1, 0.15) is 79.4 Å². The number of rotatable bonds is 43. The average Bonchev–Trinajstić information content (AvgIpc) is 3.49. The van der Waals surface area contributed by atoms with E-state index in [1.54, 1.807) is 13.0 Å². The summed E-state index contributed by atoms with van der Waals surface area (Å²) in [6, 6.07) is -0.998. The lowest BCUT2D eigenvalue weighted by atomic mass is 9.95. The molecular formula is C60H111NO21. The van der Waals surface area contributed by atoms with Crippen molar-refractivity contribution in [3.05, 3.63) is 12.2 Å². The molecule has 0 bridgehead atoms. The second-order valence-corrected chi connectivity index (χ2v) is 23.5. The fourth-order valence-electron chi connectivity index (χ4n) is 11.3. The largest absolute Gasteiger partial charge is 0.394 e. The fourth-order valence-corrected chi connectivity index (χ4v) is 11.3. The van der Waals surface area contributed by atoms with E-state index >= 15 is 0 Å². The third-order valence-corrected chi connectivity index (χ3v) is 16.5. The van der Waals surface area contributed by atoms with Crippen molar-refractivity contribution in [2.24, 2.45) is 0 Å². The van der Waals surface area contributed by atoms with Crippen LogP contribution in [-0.4, -0.2) is 222 Å². The van der Waals surface area contributed by atoms with Crippen LogP contribution in [-0.2, 0) is 42.7 Å². The molecular weight excluding hydrogens is 1070 g/mol. The number of aliphatic hydroxyl groups excluding tert-OH is 12. The van der Waals surface area contributed by atoms with E-state index in [0.717, 1.165) is 44.9 Å². The zero-order valence-electron chi connectivity index (χ0n) is 49.7. The molecule has 8 unspecified atom stereocenters. The molecule has 4 aliphatic heterocycles. The molecule has 0 spiro atoms. The first kappa shape index (κ1) is 72.9. The number of allylic oxidation sites excluding steroid dienone is 1. The summed E-state index contributed by atoms with van der Waals surface area (Å²) in [6.07, 6.45) is 2.66. The first-order valence-electron chi connectivity index (χ1n) is 31.7. The van der Waals surface area contributed by atoms with E-state index in [-0.39, 0.29) is 25.4 Å². The van der Waals surface area contributed by atoms with Gasteiger partial charge >= 0.3 is 0 Å². The fraction of sp³-hybridized carbons (Fsp3) is 0.950. The van der Waals surface area contributed by atoms with E-state index in [1.807, 2.05) is 6.08 Å². The topological polar surface area (TPSA) is 346 Å². The maximum absolute atomic E-state index is 13.4. The van der Waals surface area contributed by atoms with Gasteiger partial charge in [-0.3, -0.25) is 4.79 Å². The van der Waals surface area contributed by atoms with Crippen LogP contribution in [0, 0.1) is 0 Å². The first-order chi connectivity index (χ1) is 39.6. The summed E-state index contributed by atoms with van der Waals surface area (Å²) in [6.45, 7) is 3.11. The summed E-state index contributed by atoms with van der Waals surface area (Å²) in [5.41, 5.74) is 0. The average molecular weight is 1180 g/mol. The lowest BCUT2D eigenvalue weighted by molar-refractivity contribution is -0.393. The van der Waals surface area contributed by atoms with Crippen LogP contribution in [0.15, 0.2) is 12.2 Å². The highest BCUT2D eigenvalue weighted by molar-refractivity contribution is 5.76. The number of amides is 1. The summed E-state index contributed by atoms with van der Waals surface area (Å²) in [5.74, 6) is -0.292. The summed E-state index contributed by atoms with van der Waals surface area (Å²) in [5, 5.41) is 134. The molecule has 4 rings (SSSR count). The quantitative estimate of drug-likeness (QED) is 0.0306. The van der Waals surface area contributed by atoms with Crippen LogP contribution in [0.4, 0.5) is 0 Å². The van der Waals surface area contributed by atoms with Gasteiger partial charge in [0.2, 0.25) is 5.91 Å². The molecule has 82 heavy (non-hydrogen) atoms. The maximum Gasteiger partial charge on any atom is 0.220 e. The van der Waals surface area contributed by atoms with Crippen LogP contribution < -0.4 is 5.32 Å². The lowest BCUT2D eigenvalue weighted by Gasteiger charge is -2.49. The monoisotopic (exact) mass is 1180 g/mol. The smallest absolute Gasteiger partial charge is 0.220 e. The van der Waals surface area contributed by atoms with E-state index in [4.69, 9.17) is 37.9 Å². The molecule has 0 aromatic carbocycles. The third-order valence-electron chi connectivity index (χ3n) is 16.5. The summed E-state index contributed by atoms with van der Waals surface area (Å²) >= 11 is 0. The van der Waals surface area contributed by atoms with Crippen molar-refractivity contribution in [2.75, 3.05) is 26.4 Å². The summed E-state index contributed by atoms with van der Waals surface area (Å²) < 4.78 is 46.7. The van der Waals surface area contributed by atoms with Crippen molar-refractivity contribution < 1.29 is 104 Å². The van der Waals surface area contributed by atoms with Crippen LogP contribution in [0.3, 0.4) is 0 Å². The van der Waals surface area contributed by atoms with Crippen molar-refractivity contribution >= 4 is 5.91 Å². The number of aliphatic hydroxyl groups is 12. The Morgan fingerprint density at radius 1 is 0.488 bits per heavy atom. The van der Waals surface area contributed by atoms with Crippen LogP contribution in [0.25, 0.3) is 0 Å². The Hall–Kier alpha value is -1.59. The molecule has 22 heteroatoms. The Labute approximate surface area is 488 Å². The van der Waals surface area contributed by atoms with Gasteiger partial charge in [-0.1, -0.05) is 180 Å². The van der Waals surface area contributed by atoms with Crippen molar-refractivity contribution in [1.82, 2.24) is 5.32 Å². The Balaban J connectivity index is 1.35. The predicted octanol–water partition coefficient (Wildman–Crippen LogP) is 3.70. The highest BCUT2D eigenvalue weighted by atomic mass is 16.8. The molecule has 13 N–H and O–H groups in total. The number of carbonyl (C=O) groups excluding carboxylic acids is 1. The van der Waals surface area contributed by atoms with Gasteiger partial charge in [-0.2, -0.15) is 0 Å². The van der Waals surface area contributed by atoms with Gasteiger partial charge in [0.25, 0.3) is 0 Å². The van der Waals surface area contributed by atoms with Crippen LogP contribution in [0.1, 0.15) is 207 Å². The van der Waals surface area contributed by atoms with Gasteiger partial charge in [0.05, 0.1) is 50.8 Å². The SMILES string of the molecule is CCCCCCCCCCCCC/C=C/[C@@H](O)[C@H](CO[C@@H]1OC(CO)[C@@H](O[C@@H]2OC(CO)[C@H](O)[C@H](O[C@H]3OC(CO)[C@H](O)[C@H](O)C3O[C@@H]3OC(C)CC(O)[C@@H]3O)C2O)[C@H](O)C1O)NC(=O)CCCCCCCCCCCCCCCCC. The lowest BCUT2D eigenvalue weighted by Crippen LogP contribution is -2.67. The van der Waals surface area contributed by atoms with E-state index in [9.17, 15) is 66.1 Å². The first-order valence-corrected chi connectivity index (χ1v) is 31.7. The third kappa shape index (κ3) is 24.9. The Bertz CT molecular complexity index is 1660. The maximum atomic E-state index is 13.4. The Morgan fingerprint density at radius 2 is 0.927 bits per heavy atom. The van der Waals surface area contributed by atoms with Crippen molar-refractivity contribution in [1.29, 1.82) is 0 Å². The molecule has 0 radical (unpaired) electrons. The number of carbonyl (C=O) groups is 1. The molecule has 0 aromatic rings. The standard InChI is InChI=1S/C60H111NO21/c1-4-6-8-10-12-14-16-18-19-21-23-25-27-29-31-33-46(67)61-40(41(65)32-30-28-26-24-22-20-17-15-13-11-9-7-5-2)38-75-57-52(73)51(72)54(45(37-64)79-57)80-59-53(74)55(49(70)44(36-63)77-59)81-60-56(50(71)48(69)43(35-62)78-60)82-58-47(68)42(66)34-39(3)76-58/h30,32,39-45,47-60,62-66,68-74H,4-29,31,33-38H2,1-3H3,(H,61,67)/b32-30+/t39?,40-,41+,42?,43?,44?,45?,47-,48-,49-,50-,51+,52?,53?,54+,55-,56?,57+,58-,59-,60+/m0/s1. The highest BCUT2D eigenvalue weighted by Gasteiger charge is 2.55. The van der Waals surface area contributed by atoms with E-state index in [1.165, 1.54) is 122 Å². The van der Waals surface area contributed by atoms with Crippen molar-refractivity contribution in [3.8, 4) is 0 Å². The van der Waals surface area contributed by atoms with Crippen LogP contribution in [0.5, 0.6) is 0 Å². The number of hydrogen-bond acceptors (Lipinski definition) is 21. The highest BCUT2D eigenvalue weighted by Crippen LogP contribution is 2.35. The number of nitrogens with one attached hydrogen (secondary N) is 1. The number of ether oxygens (including phenoxy) is 8. The van der Waals surface area contributed by atoms with Gasteiger partial charge in [-0.05, 0) is 26.2 Å². The second kappa shape index (κ2) is 41.5. The minimum atomic E-state index is -2.04. The molecule has 0 saturated carbocycles. The molecule has 21 atom stereocenters. The van der Waals surface area contributed by atoms with E-state index in [0.29, 0.717) is 6.42 Å². The molecule has 4 aliphatic rings. The molecule has 482 valence electrons. The normalized spacial score (nSPS) is 34.4. The van der Waals surface area contributed by atoms with Gasteiger partial charge < -0.3 is 104 Å². The van der Waals surface area contributed by atoms with Gasteiger partial charge in [0, 0.05) is 12.8 Å². The molecule has 0 aromatic heterocycles. The molecule has 4 saturated heterocycles. The molecule has 22 nitrogen and oxygen atoms in total. The van der Waals surface area contributed by atoms with Crippen molar-refractivity contribution in [2.45, 2.75) is 336 Å². The van der Waals surface area contributed by atoms with Gasteiger partial charge in [0.15, 0.2) is 25.2 Å². The zero-order valence-corrected chi connectivity index (χ0v) is 49.7.